The van der Waals surface area contributed by atoms with Crippen LogP contribution in [0.1, 0.15) is 21.5 Å². The van der Waals surface area contributed by atoms with E-state index in [-0.39, 0.29) is 22.9 Å². The fourth-order valence-electron chi connectivity index (χ4n) is 4.37. The molecule has 1 aromatic heterocycles. The average molecular weight is 471 g/mol. The van der Waals surface area contributed by atoms with E-state index < -0.39 is 0 Å². The molecular weight excluding hydrogens is 440 g/mol. The summed E-state index contributed by atoms with van der Waals surface area (Å²) in [6, 6.07) is 4.94. The number of hydrogen-bond donors (Lipinski definition) is 1. The van der Waals surface area contributed by atoms with Crippen molar-refractivity contribution in [3.63, 3.8) is 0 Å². The molecule has 4 rings (SSSR count). The van der Waals surface area contributed by atoms with Gasteiger partial charge in [-0.05, 0) is 37.7 Å². The van der Waals surface area contributed by atoms with Gasteiger partial charge in [0.1, 0.15) is 0 Å². The third-order valence-corrected chi connectivity index (χ3v) is 6.24. The number of carbonyl (C=O) groups is 1. The zero-order valence-electron chi connectivity index (χ0n) is 20.4. The second-order valence-electron chi connectivity index (χ2n) is 8.26. The molecule has 0 aliphatic carbocycles. The van der Waals surface area contributed by atoms with Crippen LogP contribution in [0.3, 0.4) is 0 Å². The number of ketones is 1. The summed E-state index contributed by atoms with van der Waals surface area (Å²) < 4.78 is 27.8. The first-order chi connectivity index (χ1) is 16.3. The van der Waals surface area contributed by atoms with E-state index in [0.717, 1.165) is 18.7 Å². The van der Waals surface area contributed by atoms with Crippen molar-refractivity contribution >= 4 is 22.6 Å². The maximum Gasteiger partial charge on any atom is 0.208 e. The fourth-order valence-corrected chi connectivity index (χ4v) is 4.37. The Hall–Kier alpha value is -3.59. The first-order valence-corrected chi connectivity index (χ1v) is 11.0. The van der Waals surface area contributed by atoms with Crippen LogP contribution in [0.5, 0.6) is 28.7 Å². The molecule has 1 saturated heterocycles. The van der Waals surface area contributed by atoms with E-state index in [2.05, 4.69) is 11.9 Å². The van der Waals surface area contributed by atoms with E-state index in [1.54, 1.807) is 18.2 Å². The molecule has 9 heteroatoms. The number of methoxy groups -OCH3 is 4. The van der Waals surface area contributed by atoms with Gasteiger partial charge < -0.3 is 38.3 Å². The van der Waals surface area contributed by atoms with Crippen molar-refractivity contribution in [3.05, 3.63) is 34.9 Å². The molecule has 0 saturated carbocycles. The molecular formula is C25H30N2O7. The maximum absolute atomic E-state index is 14.0. The molecule has 1 aliphatic rings. The number of phenols is 1. The molecule has 2 aromatic carbocycles. The number of hydrogen-bond acceptors (Lipinski definition) is 9. The highest BCUT2D eigenvalue weighted by Crippen LogP contribution is 2.46. The van der Waals surface area contributed by atoms with Crippen molar-refractivity contribution in [2.24, 2.45) is 0 Å². The van der Waals surface area contributed by atoms with Crippen LogP contribution < -0.4 is 23.8 Å². The molecule has 1 fully saturated rings. The number of piperazine rings is 1. The van der Waals surface area contributed by atoms with Crippen LogP contribution >= 0.6 is 0 Å². The highest BCUT2D eigenvalue weighted by atomic mass is 16.5. The number of aryl methyl sites for hydroxylation is 1. The average Bonchev–Trinajstić information content (AvgIpc) is 3.26. The van der Waals surface area contributed by atoms with E-state index >= 15 is 0 Å². The normalized spacial score (nSPS) is 14.4. The van der Waals surface area contributed by atoms with Crippen LogP contribution in [0.4, 0.5) is 5.88 Å². The Labute approximate surface area is 198 Å². The zero-order valence-corrected chi connectivity index (χ0v) is 20.4. The lowest BCUT2D eigenvalue weighted by Crippen LogP contribution is -2.44. The molecule has 0 bridgehead atoms. The Bertz CT molecular complexity index is 1200. The van der Waals surface area contributed by atoms with Crippen LogP contribution in [0.15, 0.2) is 22.6 Å². The standard InChI is InChI=1S/C25H30N2O7/c1-14-11-16(30-3)22(29)24-19(14)20(25(34-24)27-9-7-26(2)8-10-27)21(28)15-12-17(31-4)23(33-6)18(13-15)32-5/h11-13,29H,7-10H2,1-6H3. The number of carbonyl (C=O) groups excluding carboxylic acids is 1. The lowest BCUT2D eigenvalue weighted by Gasteiger charge is -2.32. The third kappa shape index (κ3) is 3.86. The van der Waals surface area contributed by atoms with Gasteiger partial charge in [-0.3, -0.25) is 4.79 Å². The molecule has 1 aliphatic heterocycles. The van der Waals surface area contributed by atoms with Crippen molar-refractivity contribution in [2.45, 2.75) is 6.92 Å². The number of furan rings is 1. The summed E-state index contributed by atoms with van der Waals surface area (Å²) in [4.78, 5) is 18.3. The van der Waals surface area contributed by atoms with Gasteiger partial charge in [-0.1, -0.05) is 0 Å². The minimum Gasteiger partial charge on any atom is -0.502 e. The summed E-state index contributed by atoms with van der Waals surface area (Å²) >= 11 is 0. The Balaban J connectivity index is 1.96. The number of nitrogens with zero attached hydrogens (tertiary/aromatic N) is 2. The molecule has 0 atom stereocenters. The smallest absolute Gasteiger partial charge is 0.208 e. The first-order valence-electron chi connectivity index (χ1n) is 11.0. The fraction of sp³-hybridized carbons (Fsp3) is 0.400. The Morgan fingerprint density at radius 1 is 0.912 bits per heavy atom. The molecule has 34 heavy (non-hydrogen) atoms. The summed E-state index contributed by atoms with van der Waals surface area (Å²) in [6.45, 7) is 4.87. The summed E-state index contributed by atoms with van der Waals surface area (Å²) in [6.07, 6.45) is 0. The van der Waals surface area contributed by atoms with Crippen molar-refractivity contribution < 1.29 is 33.3 Å². The maximum atomic E-state index is 14.0. The van der Waals surface area contributed by atoms with Gasteiger partial charge in [0.25, 0.3) is 0 Å². The van der Waals surface area contributed by atoms with E-state index in [1.165, 1.54) is 28.4 Å². The van der Waals surface area contributed by atoms with Crippen LogP contribution in [-0.4, -0.2) is 77.5 Å². The van der Waals surface area contributed by atoms with Gasteiger partial charge in [0.05, 0.1) is 34.0 Å². The quantitative estimate of drug-likeness (QED) is 0.521. The number of benzene rings is 2. The predicted molar refractivity (Wildman–Crippen MR) is 128 cm³/mol. The highest BCUT2D eigenvalue weighted by Gasteiger charge is 2.32. The summed E-state index contributed by atoms with van der Waals surface area (Å²) in [5.41, 5.74) is 1.71. The van der Waals surface area contributed by atoms with Gasteiger partial charge in [-0.2, -0.15) is 0 Å². The lowest BCUT2D eigenvalue weighted by atomic mass is 9.97. The minimum absolute atomic E-state index is 0.137. The number of fused-ring (bicyclic) bond motifs is 1. The van der Waals surface area contributed by atoms with Gasteiger partial charge in [0.15, 0.2) is 28.6 Å². The van der Waals surface area contributed by atoms with Crippen molar-refractivity contribution in [3.8, 4) is 28.7 Å². The molecule has 0 amide bonds. The van der Waals surface area contributed by atoms with Crippen molar-refractivity contribution in [1.29, 1.82) is 0 Å². The molecule has 9 nitrogen and oxygen atoms in total. The summed E-state index contributed by atoms with van der Waals surface area (Å²) in [5, 5.41) is 11.4. The molecule has 2 heterocycles. The van der Waals surface area contributed by atoms with Crippen LogP contribution in [0.25, 0.3) is 11.0 Å². The van der Waals surface area contributed by atoms with Crippen LogP contribution in [-0.2, 0) is 0 Å². The van der Waals surface area contributed by atoms with Crippen molar-refractivity contribution in [2.75, 3.05) is 66.6 Å². The zero-order chi connectivity index (χ0) is 24.6. The Kier molecular flexibility index (Phi) is 6.47. The third-order valence-electron chi connectivity index (χ3n) is 6.24. The van der Waals surface area contributed by atoms with E-state index in [9.17, 15) is 9.90 Å². The largest absolute Gasteiger partial charge is 0.502 e. The lowest BCUT2D eigenvalue weighted by molar-refractivity contribution is 0.103. The number of likely N-dealkylation sites (N-methyl/N-ethyl adjacent to an activating group) is 1. The van der Waals surface area contributed by atoms with E-state index in [4.69, 9.17) is 23.4 Å². The molecule has 0 spiro atoms. The number of anilines is 1. The van der Waals surface area contributed by atoms with Crippen LogP contribution in [0, 0.1) is 6.92 Å². The Morgan fingerprint density at radius 2 is 1.50 bits per heavy atom. The number of rotatable bonds is 7. The number of aromatic hydroxyl groups is 1. The van der Waals surface area contributed by atoms with Crippen LogP contribution in [0.2, 0.25) is 0 Å². The SMILES string of the molecule is COc1cc(C(=O)c2c(N3CCN(C)CC3)oc3c(O)c(OC)cc(C)c23)cc(OC)c1OC. The van der Waals surface area contributed by atoms with Gasteiger partial charge in [-0.15, -0.1) is 0 Å². The van der Waals surface area contributed by atoms with Crippen molar-refractivity contribution in [1.82, 2.24) is 4.90 Å². The molecule has 0 radical (unpaired) electrons. The van der Waals surface area contributed by atoms with E-state index in [0.29, 0.717) is 52.7 Å². The van der Waals surface area contributed by atoms with Gasteiger partial charge >= 0.3 is 0 Å². The molecule has 182 valence electrons. The highest BCUT2D eigenvalue weighted by molar-refractivity contribution is 6.21. The molecule has 1 N–H and O–H groups in total. The second kappa shape index (κ2) is 9.34. The summed E-state index contributed by atoms with van der Waals surface area (Å²) in [7, 11) is 8.05. The minimum atomic E-state index is -0.278. The monoisotopic (exact) mass is 470 g/mol. The Morgan fingerprint density at radius 3 is 2.03 bits per heavy atom. The van der Waals surface area contributed by atoms with Gasteiger partial charge in [0, 0.05) is 37.1 Å². The molecule has 0 unspecified atom stereocenters. The number of phenolic OH excluding ortho intramolecular Hbond substituents is 1. The predicted octanol–water partition coefficient (Wildman–Crippen LogP) is 3.46. The van der Waals surface area contributed by atoms with E-state index in [1.807, 2.05) is 11.8 Å². The first kappa shape index (κ1) is 23.6. The summed E-state index contributed by atoms with van der Waals surface area (Å²) in [5.74, 6) is 1.45. The topological polar surface area (TPSA) is 93.8 Å². The molecule has 3 aromatic rings. The second-order valence-corrected chi connectivity index (χ2v) is 8.26. The number of ether oxygens (including phenoxy) is 4. The van der Waals surface area contributed by atoms with Gasteiger partial charge in [-0.25, -0.2) is 0 Å². The van der Waals surface area contributed by atoms with Gasteiger partial charge in [0.2, 0.25) is 17.4 Å².